The van der Waals surface area contributed by atoms with Gasteiger partial charge in [0, 0.05) is 15.5 Å². The number of rotatable bonds is 8. The fourth-order valence-electron chi connectivity index (χ4n) is 3.79. The summed E-state index contributed by atoms with van der Waals surface area (Å²) in [6.07, 6.45) is 5.31. The molecule has 0 spiro atoms. The Labute approximate surface area is 206 Å². The van der Waals surface area contributed by atoms with E-state index in [4.69, 9.17) is 9.15 Å². The molecule has 1 aromatic carbocycles. The average Bonchev–Trinajstić information content (AvgIpc) is 3.47. The zero-order valence-corrected chi connectivity index (χ0v) is 20.6. The molecule has 1 aliphatic rings. The molecule has 1 atom stereocenters. The van der Waals surface area contributed by atoms with Crippen molar-refractivity contribution in [3.8, 4) is 0 Å². The number of furan rings is 1. The zero-order valence-electron chi connectivity index (χ0n) is 19.0. The summed E-state index contributed by atoms with van der Waals surface area (Å²) in [6.45, 7) is 3.88. The van der Waals surface area contributed by atoms with Gasteiger partial charge >= 0.3 is 5.97 Å². The summed E-state index contributed by atoms with van der Waals surface area (Å²) in [5, 5.41) is 5.90. The Kier molecular flexibility index (Phi) is 7.74. The van der Waals surface area contributed by atoms with E-state index in [2.05, 4.69) is 10.6 Å². The van der Waals surface area contributed by atoms with Crippen LogP contribution >= 0.6 is 23.1 Å². The van der Waals surface area contributed by atoms with Crippen LogP contribution in [0.1, 0.15) is 58.0 Å². The molecule has 0 saturated carbocycles. The van der Waals surface area contributed by atoms with Gasteiger partial charge in [0.1, 0.15) is 5.00 Å². The van der Waals surface area contributed by atoms with Gasteiger partial charge in [-0.15, -0.1) is 23.1 Å². The quantitative estimate of drug-likeness (QED) is 0.302. The van der Waals surface area contributed by atoms with Gasteiger partial charge in [-0.25, -0.2) is 4.79 Å². The number of esters is 1. The highest BCUT2D eigenvalue weighted by molar-refractivity contribution is 8.00. The van der Waals surface area contributed by atoms with Crippen LogP contribution in [0.3, 0.4) is 0 Å². The first-order valence-electron chi connectivity index (χ1n) is 11.2. The van der Waals surface area contributed by atoms with Gasteiger partial charge in [-0.3, -0.25) is 9.59 Å². The van der Waals surface area contributed by atoms with Crippen molar-refractivity contribution in [2.45, 2.75) is 49.7 Å². The number of anilines is 2. The van der Waals surface area contributed by atoms with Gasteiger partial charge in [0.05, 0.1) is 23.7 Å². The number of amides is 2. The smallest absolute Gasteiger partial charge is 0.341 e. The predicted molar refractivity (Wildman–Crippen MR) is 134 cm³/mol. The largest absolute Gasteiger partial charge is 0.462 e. The monoisotopic (exact) mass is 498 g/mol. The summed E-state index contributed by atoms with van der Waals surface area (Å²) >= 11 is 2.85. The molecule has 2 amide bonds. The fourth-order valence-corrected chi connectivity index (χ4v) is 6.00. The number of carbonyl (C=O) groups excluding carboxylic acids is 3. The lowest BCUT2D eigenvalue weighted by Gasteiger charge is -2.14. The normalized spacial score (nSPS) is 13.6. The molecule has 9 heteroatoms. The van der Waals surface area contributed by atoms with Crippen LogP contribution in [0.25, 0.3) is 0 Å². The first kappa shape index (κ1) is 24.1. The second kappa shape index (κ2) is 10.9. The predicted octanol–water partition coefficient (Wildman–Crippen LogP) is 5.77. The molecule has 0 aliphatic heterocycles. The van der Waals surface area contributed by atoms with Crippen molar-refractivity contribution in [1.29, 1.82) is 0 Å². The van der Waals surface area contributed by atoms with Crippen molar-refractivity contribution >= 4 is 51.6 Å². The number of benzene rings is 1. The number of hydrogen-bond donors (Lipinski definition) is 2. The number of nitrogens with one attached hydrogen (secondary N) is 2. The molecule has 34 heavy (non-hydrogen) atoms. The Morgan fingerprint density at radius 3 is 2.74 bits per heavy atom. The lowest BCUT2D eigenvalue weighted by molar-refractivity contribution is -0.115. The van der Waals surface area contributed by atoms with Crippen molar-refractivity contribution in [1.82, 2.24) is 0 Å². The summed E-state index contributed by atoms with van der Waals surface area (Å²) in [6, 6.07) is 10.5. The van der Waals surface area contributed by atoms with E-state index in [1.807, 2.05) is 25.1 Å². The van der Waals surface area contributed by atoms with Gasteiger partial charge in [-0.2, -0.15) is 0 Å². The van der Waals surface area contributed by atoms with E-state index in [1.165, 1.54) is 29.4 Å². The molecule has 0 radical (unpaired) electrons. The molecule has 2 N–H and O–H groups in total. The average molecular weight is 499 g/mol. The SMILES string of the molecule is CCOC(=O)c1c(NC(=O)C(C)Sc2cccc(NC(=O)c3ccco3)c2)sc2c1CCCC2. The van der Waals surface area contributed by atoms with Crippen molar-refractivity contribution in [3.63, 3.8) is 0 Å². The number of thiophene rings is 1. The molecule has 1 unspecified atom stereocenters. The molecular formula is C25H26N2O5S2. The van der Waals surface area contributed by atoms with E-state index in [-0.39, 0.29) is 30.2 Å². The number of carbonyl (C=O) groups is 3. The third-order valence-electron chi connectivity index (χ3n) is 5.41. The Morgan fingerprint density at radius 2 is 1.97 bits per heavy atom. The molecule has 2 heterocycles. The summed E-state index contributed by atoms with van der Waals surface area (Å²) in [7, 11) is 0. The standard InChI is InChI=1S/C25H26N2O5S2/c1-3-31-25(30)21-18-10-4-5-12-20(18)34-24(21)27-22(28)15(2)33-17-9-6-8-16(14-17)26-23(29)19-11-7-13-32-19/h6-9,11,13-15H,3-5,10,12H2,1-2H3,(H,26,29)(H,27,28). The molecule has 4 rings (SSSR count). The third kappa shape index (κ3) is 5.53. The van der Waals surface area contributed by atoms with Gasteiger partial charge in [-0.05, 0) is 75.4 Å². The van der Waals surface area contributed by atoms with Gasteiger partial charge in [0.25, 0.3) is 5.91 Å². The van der Waals surface area contributed by atoms with E-state index < -0.39 is 5.25 Å². The molecule has 178 valence electrons. The molecule has 1 aliphatic carbocycles. The maximum Gasteiger partial charge on any atom is 0.341 e. The highest BCUT2D eigenvalue weighted by Crippen LogP contribution is 2.39. The topological polar surface area (TPSA) is 97.6 Å². The van der Waals surface area contributed by atoms with E-state index >= 15 is 0 Å². The van der Waals surface area contributed by atoms with Crippen LogP contribution in [0.5, 0.6) is 0 Å². The van der Waals surface area contributed by atoms with Gasteiger partial charge < -0.3 is 19.8 Å². The number of fused-ring (bicyclic) bond motifs is 1. The first-order chi connectivity index (χ1) is 16.5. The summed E-state index contributed by atoms with van der Waals surface area (Å²) in [4.78, 5) is 39.9. The minimum Gasteiger partial charge on any atom is -0.462 e. The van der Waals surface area contributed by atoms with E-state index in [1.54, 1.807) is 25.1 Å². The van der Waals surface area contributed by atoms with Crippen LogP contribution in [0.2, 0.25) is 0 Å². The van der Waals surface area contributed by atoms with Crippen LogP contribution in [-0.4, -0.2) is 29.6 Å². The minimum atomic E-state index is -0.426. The molecule has 2 aromatic heterocycles. The number of ether oxygens (including phenoxy) is 1. The first-order valence-corrected chi connectivity index (χ1v) is 12.9. The van der Waals surface area contributed by atoms with Crippen molar-refractivity contribution in [2.75, 3.05) is 17.2 Å². The summed E-state index contributed by atoms with van der Waals surface area (Å²) in [5.41, 5.74) is 2.13. The van der Waals surface area contributed by atoms with Gasteiger partial charge in [-0.1, -0.05) is 6.07 Å². The van der Waals surface area contributed by atoms with Crippen LogP contribution in [0.4, 0.5) is 10.7 Å². The second-order valence-corrected chi connectivity index (χ2v) is 10.4. The Hall–Kier alpha value is -3.04. The molecule has 0 saturated heterocycles. The Balaban J connectivity index is 1.44. The molecule has 3 aromatic rings. The van der Waals surface area contributed by atoms with Crippen LogP contribution in [0, 0.1) is 0 Å². The van der Waals surface area contributed by atoms with Crippen LogP contribution in [-0.2, 0) is 22.4 Å². The maximum atomic E-state index is 13.0. The van der Waals surface area contributed by atoms with Crippen LogP contribution in [0.15, 0.2) is 52.0 Å². The molecule has 0 bridgehead atoms. The Morgan fingerprint density at radius 1 is 1.15 bits per heavy atom. The second-order valence-electron chi connectivity index (χ2n) is 7.84. The van der Waals surface area contributed by atoms with E-state index in [9.17, 15) is 14.4 Å². The maximum absolute atomic E-state index is 13.0. The molecule has 0 fully saturated rings. The minimum absolute atomic E-state index is 0.195. The summed E-state index contributed by atoms with van der Waals surface area (Å²) in [5.74, 6) is -0.690. The Bertz CT molecular complexity index is 1190. The number of thioether (sulfide) groups is 1. The van der Waals surface area contributed by atoms with E-state index in [0.717, 1.165) is 41.0 Å². The van der Waals surface area contributed by atoms with Crippen molar-refractivity contribution in [3.05, 3.63) is 64.4 Å². The lowest BCUT2D eigenvalue weighted by Crippen LogP contribution is -2.23. The lowest BCUT2D eigenvalue weighted by atomic mass is 9.95. The molecule has 7 nitrogen and oxygen atoms in total. The fraction of sp³-hybridized carbons (Fsp3) is 0.320. The van der Waals surface area contributed by atoms with Crippen LogP contribution < -0.4 is 10.6 Å². The zero-order chi connectivity index (χ0) is 24.1. The van der Waals surface area contributed by atoms with Crippen molar-refractivity contribution in [2.24, 2.45) is 0 Å². The van der Waals surface area contributed by atoms with Gasteiger partial charge in [0.15, 0.2) is 5.76 Å². The van der Waals surface area contributed by atoms with Crippen molar-refractivity contribution < 1.29 is 23.5 Å². The van der Waals surface area contributed by atoms with E-state index in [0.29, 0.717) is 16.3 Å². The highest BCUT2D eigenvalue weighted by Gasteiger charge is 2.28. The highest BCUT2D eigenvalue weighted by atomic mass is 32.2. The number of aryl methyl sites for hydroxylation is 1. The molecular weight excluding hydrogens is 472 g/mol. The van der Waals surface area contributed by atoms with Gasteiger partial charge in [0.2, 0.25) is 5.91 Å². The number of hydrogen-bond acceptors (Lipinski definition) is 7. The summed E-state index contributed by atoms with van der Waals surface area (Å²) < 4.78 is 10.4. The third-order valence-corrected chi connectivity index (χ3v) is 7.71.